The third kappa shape index (κ3) is 2.22. The molecule has 1 heterocycles. The zero-order chi connectivity index (χ0) is 13.1. The van der Waals surface area contributed by atoms with E-state index in [0.29, 0.717) is 6.61 Å². The summed E-state index contributed by atoms with van der Waals surface area (Å²) in [5, 5.41) is 2.32. The van der Waals surface area contributed by atoms with Crippen LogP contribution < -0.4 is 4.74 Å². The number of rotatable bonds is 3. The Morgan fingerprint density at radius 3 is 2.84 bits per heavy atom. The number of hydrogen-bond donors (Lipinski definition) is 0. The summed E-state index contributed by atoms with van der Waals surface area (Å²) in [4.78, 5) is 0. The molecule has 0 saturated carbocycles. The first kappa shape index (κ1) is 11.8. The molecule has 2 nitrogen and oxygen atoms in total. The number of benzene rings is 2. The van der Waals surface area contributed by atoms with E-state index in [0.717, 1.165) is 22.3 Å². The zero-order valence-corrected chi connectivity index (χ0v) is 10.7. The molecule has 0 saturated heterocycles. The first-order valence-electron chi connectivity index (χ1n) is 6.33. The average molecular weight is 250 g/mol. The molecule has 2 aromatic carbocycles. The van der Waals surface area contributed by atoms with Gasteiger partial charge in [-0.25, -0.2) is 0 Å². The normalized spacial score (nSPS) is 14.1. The number of hydrogen-bond acceptors (Lipinski definition) is 2. The van der Waals surface area contributed by atoms with E-state index >= 15 is 0 Å². The second-order valence-corrected chi connectivity index (χ2v) is 4.22. The summed E-state index contributed by atoms with van der Waals surface area (Å²) in [6, 6.07) is 12.3. The van der Waals surface area contributed by atoms with E-state index < -0.39 is 0 Å². The van der Waals surface area contributed by atoms with Crippen molar-refractivity contribution in [1.82, 2.24) is 0 Å². The van der Waals surface area contributed by atoms with Crippen molar-refractivity contribution < 1.29 is 9.47 Å². The van der Waals surface area contributed by atoms with E-state index in [9.17, 15) is 0 Å². The van der Waals surface area contributed by atoms with Crippen LogP contribution in [0.2, 0.25) is 0 Å². The maximum absolute atomic E-state index is 5.74. The van der Waals surface area contributed by atoms with Crippen molar-refractivity contribution >= 4 is 16.3 Å². The molecular formula is C17H14O2. The lowest BCUT2D eigenvalue weighted by atomic mass is 9.96. The summed E-state index contributed by atoms with van der Waals surface area (Å²) >= 11 is 0. The van der Waals surface area contributed by atoms with E-state index in [-0.39, 0.29) is 0 Å². The highest BCUT2D eigenvalue weighted by Crippen LogP contribution is 2.36. The fourth-order valence-electron chi connectivity index (χ4n) is 2.25. The van der Waals surface area contributed by atoms with Crippen LogP contribution in [0.25, 0.3) is 16.3 Å². The van der Waals surface area contributed by atoms with Gasteiger partial charge >= 0.3 is 0 Å². The largest absolute Gasteiger partial charge is 0.493 e. The molecule has 3 rings (SSSR count). The van der Waals surface area contributed by atoms with E-state index in [1.165, 1.54) is 5.39 Å². The van der Waals surface area contributed by atoms with Crippen LogP contribution in [0.15, 0.2) is 54.8 Å². The van der Waals surface area contributed by atoms with Crippen LogP contribution in [0.3, 0.4) is 0 Å². The van der Waals surface area contributed by atoms with Crippen molar-refractivity contribution in [2.45, 2.75) is 6.92 Å². The molecule has 1 aliphatic rings. The van der Waals surface area contributed by atoms with Gasteiger partial charge in [0.25, 0.3) is 0 Å². The monoisotopic (exact) mass is 250 g/mol. The quantitative estimate of drug-likeness (QED) is 0.812. The molecule has 0 amide bonds. The summed E-state index contributed by atoms with van der Waals surface area (Å²) in [6.45, 7) is 5.54. The minimum absolute atomic E-state index is 0.634. The van der Waals surface area contributed by atoms with Gasteiger partial charge in [0.1, 0.15) is 5.75 Å². The molecule has 1 aliphatic heterocycles. The van der Waals surface area contributed by atoms with Crippen molar-refractivity contribution in [2.24, 2.45) is 0 Å². The van der Waals surface area contributed by atoms with Gasteiger partial charge in [-0.2, -0.15) is 0 Å². The standard InChI is InChI=1S/C17H14O2/c1-2-19-16-10-9-13-6-3-4-8-15(13)17(16)14-7-5-11-18-12-14/h3-11H,2H2,1H3. The SMILES string of the molecule is CCOc1ccc2ccccc2c1C1=CC=CO[C]1. The molecule has 94 valence electrons. The Balaban J connectivity index is 2.25. The molecule has 2 heteroatoms. The topological polar surface area (TPSA) is 18.5 Å². The molecule has 0 unspecified atom stereocenters. The molecule has 0 fully saturated rings. The van der Waals surface area contributed by atoms with Crippen molar-refractivity contribution in [2.75, 3.05) is 6.61 Å². The molecule has 0 aromatic heterocycles. The summed E-state index contributed by atoms with van der Waals surface area (Å²) in [5.41, 5.74) is 1.94. The van der Waals surface area contributed by atoms with Crippen molar-refractivity contribution in [3.63, 3.8) is 0 Å². The molecule has 0 spiro atoms. The summed E-state index contributed by atoms with van der Waals surface area (Å²) < 4.78 is 10.9. The highest BCUT2D eigenvalue weighted by molar-refractivity contribution is 5.98. The molecule has 19 heavy (non-hydrogen) atoms. The lowest BCUT2D eigenvalue weighted by Gasteiger charge is -2.16. The van der Waals surface area contributed by atoms with Crippen LogP contribution in [0, 0.1) is 6.61 Å². The van der Waals surface area contributed by atoms with Crippen molar-refractivity contribution in [3.8, 4) is 5.75 Å². The van der Waals surface area contributed by atoms with Gasteiger partial charge in [-0.05, 0) is 29.8 Å². The van der Waals surface area contributed by atoms with Gasteiger partial charge in [-0.3, -0.25) is 0 Å². The van der Waals surface area contributed by atoms with E-state index in [1.807, 2.05) is 37.3 Å². The predicted molar refractivity (Wildman–Crippen MR) is 76.6 cm³/mol. The van der Waals surface area contributed by atoms with Crippen molar-refractivity contribution in [3.05, 3.63) is 67.0 Å². The Morgan fingerprint density at radius 2 is 2.05 bits per heavy atom. The number of allylic oxidation sites excluding steroid dienone is 2. The molecule has 2 radical (unpaired) electrons. The van der Waals surface area contributed by atoms with E-state index in [4.69, 9.17) is 9.47 Å². The highest BCUT2D eigenvalue weighted by atomic mass is 16.5. The van der Waals surface area contributed by atoms with Crippen molar-refractivity contribution in [1.29, 1.82) is 0 Å². The summed E-state index contributed by atoms with van der Waals surface area (Å²) in [5.74, 6) is 0.860. The third-order valence-corrected chi connectivity index (χ3v) is 3.04. The molecule has 0 atom stereocenters. The van der Waals surface area contributed by atoms with Crippen LogP contribution in [-0.4, -0.2) is 6.61 Å². The fourth-order valence-corrected chi connectivity index (χ4v) is 2.25. The number of ether oxygens (including phenoxy) is 2. The summed E-state index contributed by atoms with van der Waals surface area (Å²) in [6.07, 6.45) is 5.45. The third-order valence-electron chi connectivity index (χ3n) is 3.04. The zero-order valence-electron chi connectivity index (χ0n) is 10.7. The van der Waals surface area contributed by atoms with Gasteiger partial charge in [-0.1, -0.05) is 36.4 Å². The minimum Gasteiger partial charge on any atom is -0.493 e. The molecule has 2 aromatic rings. The second kappa shape index (κ2) is 5.19. The van der Waals surface area contributed by atoms with E-state index in [1.54, 1.807) is 6.26 Å². The van der Waals surface area contributed by atoms with Crippen LogP contribution in [0.4, 0.5) is 0 Å². The maximum atomic E-state index is 5.74. The second-order valence-electron chi connectivity index (χ2n) is 4.22. The Morgan fingerprint density at radius 1 is 1.16 bits per heavy atom. The van der Waals surface area contributed by atoms with Crippen LogP contribution in [-0.2, 0) is 4.74 Å². The minimum atomic E-state index is 0.634. The summed E-state index contributed by atoms with van der Waals surface area (Å²) in [7, 11) is 0. The Labute approximate surface area is 113 Å². The van der Waals surface area contributed by atoms with Gasteiger partial charge in [0, 0.05) is 11.1 Å². The van der Waals surface area contributed by atoms with Crippen LogP contribution in [0.1, 0.15) is 12.5 Å². The van der Waals surface area contributed by atoms with Gasteiger partial charge in [0.2, 0.25) is 6.61 Å². The lowest BCUT2D eigenvalue weighted by molar-refractivity contribution is 0.337. The lowest BCUT2D eigenvalue weighted by Crippen LogP contribution is -1.99. The maximum Gasteiger partial charge on any atom is 0.230 e. The molecule has 0 N–H and O–H groups in total. The van der Waals surface area contributed by atoms with Gasteiger partial charge < -0.3 is 9.47 Å². The Bertz CT molecular complexity index is 653. The Kier molecular flexibility index (Phi) is 3.23. The van der Waals surface area contributed by atoms with E-state index in [2.05, 4.69) is 24.8 Å². The van der Waals surface area contributed by atoms with Gasteiger partial charge in [-0.15, -0.1) is 0 Å². The predicted octanol–water partition coefficient (Wildman–Crippen LogP) is 4.20. The molecule has 0 bridgehead atoms. The van der Waals surface area contributed by atoms with Gasteiger partial charge in [0.15, 0.2) is 0 Å². The number of fused-ring (bicyclic) bond motifs is 1. The smallest absolute Gasteiger partial charge is 0.230 e. The Hall–Kier alpha value is -2.22. The van der Waals surface area contributed by atoms with Crippen LogP contribution >= 0.6 is 0 Å². The first-order valence-corrected chi connectivity index (χ1v) is 6.33. The fraction of sp³-hybridized carbons (Fsp3) is 0.118. The van der Waals surface area contributed by atoms with Crippen LogP contribution in [0.5, 0.6) is 5.75 Å². The average Bonchev–Trinajstić information content (AvgIpc) is 2.48. The first-order chi connectivity index (χ1) is 9.40. The molecular weight excluding hydrogens is 236 g/mol. The highest BCUT2D eigenvalue weighted by Gasteiger charge is 2.15. The van der Waals surface area contributed by atoms with Gasteiger partial charge in [0.05, 0.1) is 12.9 Å². The molecule has 0 aliphatic carbocycles.